The van der Waals surface area contributed by atoms with Crippen molar-refractivity contribution in [1.29, 1.82) is 0 Å². The quantitative estimate of drug-likeness (QED) is 0.773. The number of hydrogen-bond donors (Lipinski definition) is 2. The van der Waals surface area contributed by atoms with Crippen LogP contribution in [0.1, 0.15) is 25.8 Å². The van der Waals surface area contributed by atoms with Crippen LogP contribution in [-0.4, -0.2) is 24.6 Å². The van der Waals surface area contributed by atoms with Crippen molar-refractivity contribution in [2.24, 2.45) is 5.73 Å². The Morgan fingerprint density at radius 1 is 1.39 bits per heavy atom. The van der Waals surface area contributed by atoms with Gasteiger partial charge in [-0.3, -0.25) is 10.1 Å². The van der Waals surface area contributed by atoms with Crippen molar-refractivity contribution in [3.8, 4) is 5.75 Å². The average Bonchev–Trinajstić information content (AvgIpc) is 2.35. The Morgan fingerprint density at radius 3 is 2.50 bits per heavy atom. The van der Waals surface area contributed by atoms with E-state index in [0.717, 1.165) is 5.75 Å². The van der Waals surface area contributed by atoms with Gasteiger partial charge in [0, 0.05) is 6.04 Å². The summed E-state index contributed by atoms with van der Waals surface area (Å²) in [6, 6.07) is 7.67. The van der Waals surface area contributed by atoms with Crippen molar-refractivity contribution in [2.75, 3.05) is 6.61 Å². The molecule has 0 radical (unpaired) electrons. The molecule has 0 heterocycles. The first-order valence-corrected chi connectivity index (χ1v) is 6.27. The predicted molar refractivity (Wildman–Crippen MR) is 72.5 cm³/mol. The maximum Gasteiger partial charge on any atom is 0.234 e. The standard InChI is InChI=1S/C14H22N2O2/c1-4-13(14(15)17)16-11(3)9-18-12-7-5-10(2)6-8-12/h5-8,11,13,16H,4,9H2,1-3H3,(H2,15,17). The van der Waals surface area contributed by atoms with E-state index in [4.69, 9.17) is 10.5 Å². The van der Waals surface area contributed by atoms with Crippen molar-refractivity contribution < 1.29 is 9.53 Å². The lowest BCUT2D eigenvalue weighted by Crippen LogP contribution is -2.46. The molecule has 0 spiro atoms. The first kappa shape index (κ1) is 14.5. The second-order valence-electron chi connectivity index (χ2n) is 4.55. The van der Waals surface area contributed by atoms with Gasteiger partial charge in [0.15, 0.2) is 0 Å². The molecular weight excluding hydrogens is 228 g/mol. The van der Waals surface area contributed by atoms with Crippen LogP contribution in [0.15, 0.2) is 24.3 Å². The molecule has 0 aliphatic rings. The van der Waals surface area contributed by atoms with E-state index in [9.17, 15) is 4.79 Å². The fraction of sp³-hybridized carbons (Fsp3) is 0.500. The molecule has 4 heteroatoms. The lowest BCUT2D eigenvalue weighted by Gasteiger charge is -2.20. The number of nitrogens with two attached hydrogens (primary N) is 1. The number of aryl methyl sites for hydroxylation is 1. The van der Waals surface area contributed by atoms with Gasteiger partial charge >= 0.3 is 0 Å². The zero-order valence-electron chi connectivity index (χ0n) is 11.3. The normalized spacial score (nSPS) is 13.9. The molecule has 100 valence electrons. The maximum absolute atomic E-state index is 11.1. The molecule has 0 aliphatic carbocycles. The summed E-state index contributed by atoms with van der Waals surface area (Å²) in [4.78, 5) is 11.1. The molecule has 1 amide bonds. The summed E-state index contributed by atoms with van der Waals surface area (Å²) in [5.74, 6) is 0.515. The number of benzene rings is 1. The van der Waals surface area contributed by atoms with Gasteiger partial charge in [0.05, 0.1) is 6.04 Å². The third kappa shape index (κ3) is 4.75. The number of carbonyl (C=O) groups excluding carboxylic acids is 1. The molecule has 1 aromatic carbocycles. The van der Waals surface area contributed by atoms with E-state index in [2.05, 4.69) is 5.32 Å². The number of amides is 1. The molecule has 2 unspecified atom stereocenters. The number of primary amides is 1. The highest BCUT2D eigenvalue weighted by atomic mass is 16.5. The molecule has 0 aliphatic heterocycles. The summed E-state index contributed by atoms with van der Waals surface area (Å²) in [7, 11) is 0. The molecule has 3 N–H and O–H groups in total. The van der Waals surface area contributed by atoms with Gasteiger partial charge in [-0.15, -0.1) is 0 Å². The molecule has 4 nitrogen and oxygen atoms in total. The number of ether oxygens (including phenoxy) is 1. The van der Waals surface area contributed by atoms with E-state index < -0.39 is 0 Å². The van der Waals surface area contributed by atoms with E-state index in [1.54, 1.807) is 0 Å². The molecule has 0 bridgehead atoms. The van der Waals surface area contributed by atoms with Crippen molar-refractivity contribution in [3.05, 3.63) is 29.8 Å². The van der Waals surface area contributed by atoms with Crippen molar-refractivity contribution >= 4 is 5.91 Å². The zero-order valence-corrected chi connectivity index (χ0v) is 11.3. The lowest BCUT2D eigenvalue weighted by molar-refractivity contribution is -0.120. The minimum atomic E-state index is -0.320. The van der Waals surface area contributed by atoms with E-state index in [1.807, 2.05) is 45.0 Å². The summed E-state index contributed by atoms with van der Waals surface area (Å²) in [5, 5.41) is 3.15. The average molecular weight is 250 g/mol. The van der Waals surface area contributed by atoms with Gasteiger partial charge in [-0.1, -0.05) is 24.6 Å². The Kier molecular flexibility index (Phi) is 5.65. The Labute approximate surface area is 109 Å². The van der Waals surface area contributed by atoms with E-state index in [1.165, 1.54) is 5.56 Å². The van der Waals surface area contributed by atoms with Crippen LogP contribution >= 0.6 is 0 Å². The molecule has 0 fully saturated rings. The van der Waals surface area contributed by atoms with Gasteiger partial charge in [-0.05, 0) is 32.4 Å². The van der Waals surface area contributed by atoms with E-state index in [-0.39, 0.29) is 18.0 Å². The van der Waals surface area contributed by atoms with Crippen molar-refractivity contribution in [2.45, 2.75) is 39.3 Å². The van der Waals surface area contributed by atoms with Gasteiger partial charge in [-0.2, -0.15) is 0 Å². The van der Waals surface area contributed by atoms with Crippen molar-refractivity contribution in [1.82, 2.24) is 5.32 Å². The summed E-state index contributed by atoms with van der Waals surface area (Å²) in [6.07, 6.45) is 0.685. The summed E-state index contributed by atoms with van der Waals surface area (Å²) < 4.78 is 5.63. The third-order valence-corrected chi connectivity index (χ3v) is 2.76. The molecule has 18 heavy (non-hydrogen) atoms. The first-order valence-electron chi connectivity index (χ1n) is 6.27. The van der Waals surface area contributed by atoms with Crippen molar-refractivity contribution in [3.63, 3.8) is 0 Å². The minimum absolute atomic E-state index is 0.0729. The predicted octanol–water partition coefficient (Wildman–Crippen LogP) is 1.62. The van der Waals surface area contributed by atoms with Crippen LogP contribution in [0.3, 0.4) is 0 Å². The Balaban J connectivity index is 2.38. The minimum Gasteiger partial charge on any atom is -0.492 e. The van der Waals surface area contributed by atoms with Crippen LogP contribution in [-0.2, 0) is 4.79 Å². The van der Waals surface area contributed by atoms with E-state index in [0.29, 0.717) is 13.0 Å². The highest BCUT2D eigenvalue weighted by Gasteiger charge is 2.15. The fourth-order valence-corrected chi connectivity index (χ4v) is 1.65. The number of hydrogen-bond acceptors (Lipinski definition) is 3. The summed E-state index contributed by atoms with van der Waals surface area (Å²) in [5.41, 5.74) is 6.48. The van der Waals surface area contributed by atoms with Gasteiger partial charge in [0.2, 0.25) is 5.91 Å². The van der Waals surface area contributed by atoms with Gasteiger partial charge < -0.3 is 10.5 Å². The third-order valence-electron chi connectivity index (χ3n) is 2.76. The molecule has 1 aromatic rings. The van der Waals surface area contributed by atoms with Gasteiger partial charge in [0.25, 0.3) is 0 Å². The van der Waals surface area contributed by atoms with Crippen LogP contribution in [0.2, 0.25) is 0 Å². The Morgan fingerprint density at radius 2 is 2.00 bits per heavy atom. The fourth-order valence-electron chi connectivity index (χ4n) is 1.65. The SMILES string of the molecule is CCC(NC(C)COc1ccc(C)cc1)C(N)=O. The molecule has 2 atom stereocenters. The number of rotatable bonds is 7. The molecule has 0 saturated carbocycles. The number of nitrogens with one attached hydrogen (secondary N) is 1. The maximum atomic E-state index is 11.1. The highest BCUT2D eigenvalue weighted by Crippen LogP contribution is 2.11. The monoisotopic (exact) mass is 250 g/mol. The smallest absolute Gasteiger partial charge is 0.234 e. The second kappa shape index (κ2) is 7.01. The largest absolute Gasteiger partial charge is 0.492 e. The summed E-state index contributed by atoms with van der Waals surface area (Å²) in [6.45, 7) is 6.44. The Hall–Kier alpha value is -1.55. The number of carbonyl (C=O) groups is 1. The first-order chi connectivity index (χ1) is 8.52. The molecule has 1 rings (SSSR count). The van der Waals surface area contributed by atoms with Crippen LogP contribution in [0, 0.1) is 6.92 Å². The highest BCUT2D eigenvalue weighted by molar-refractivity contribution is 5.79. The Bertz CT molecular complexity index is 376. The molecule has 0 aromatic heterocycles. The second-order valence-corrected chi connectivity index (χ2v) is 4.55. The van der Waals surface area contributed by atoms with Crippen LogP contribution < -0.4 is 15.8 Å². The van der Waals surface area contributed by atoms with Crippen LogP contribution in [0.5, 0.6) is 5.75 Å². The van der Waals surface area contributed by atoms with Crippen LogP contribution in [0.4, 0.5) is 0 Å². The zero-order chi connectivity index (χ0) is 13.5. The van der Waals surface area contributed by atoms with Gasteiger partial charge in [-0.25, -0.2) is 0 Å². The molecular formula is C14H22N2O2. The summed E-state index contributed by atoms with van der Waals surface area (Å²) >= 11 is 0. The van der Waals surface area contributed by atoms with Crippen LogP contribution in [0.25, 0.3) is 0 Å². The topological polar surface area (TPSA) is 64.3 Å². The lowest BCUT2D eigenvalue weighted by atomic mass is 10.2. The molecule has 0 saturated heterocycles. The van der Waals surface area contributed by atoms with Gasteiger partial charge in [0.1, 0.15) is 12.4 Å². The van der Waals surface area contributed by atoms with E-state index >= 15 is 0 Å².